The van der Waals surface area contributed by atoms with Gasteiger partial charge in [-0.2, -0.15) is 0 Å². The fourth-order valence-electron chi connectivity index (χ4n) is 1.47. The number of nitrogens with zero attached hydrogens (tertiary/aromatic N) is 1. The Kier molecular flexibility index (Phi) is 2.40. The molecule has 0 fully saturated rings. The van der Waals surface area contributed by atoms with Crippen molar-refractivity contribution in [3.8, 4) is 0 Å². The number of carbonyl (C=O) groups excluding carboxylic acids is 1. The Morgan fingerprint density at radius 1 is 1.31 bits per heavy atom. The van der Waals surface area contributed by atoms with Gasteiger partial charge in [0, 0.05) is 12.7 Å². The monoisotopic (exact) mass is 221 g/mol. The molecule has 0 radical (unpaired) electrons. The highest BCUT2D eigenvalue weighted by Crippen LogP contribution is 2.18. The van der Waals surface area contributed by atoms with Crippen LogP contribution in [0, 0.1) is 0 Å². The number of methoxy groups -OCH3 is 1. The summed E-state index contributed by atoms with van der Waals surface area (Å²) in [6.07, 6.45) is -0.461. The molecule has 1 aromatic carbocycles. The fraction of sp³-hybridized carbons (Fsp3) is 0.200. The van der Waals surface area contributed by atoms with Gasteiger partial charge < -0.3 is 14.7 Å². The second-order valence-corrected chi connectivity index (χ2v) is 3.34. The molecule has 16 heavy (non-hydrogen) atoms. The van der Waals surface area contributed by atoms with Crippen molar-refractivity contribution in [2.75, 3.05) is 19.1 Å². The van der Waals surface area contributed by atoms with Gasteiger partial charge in [0.15, 0.2) is 0 Å². The lowest BCUT2D eigenvalue weighted by Crippen LogP contribution is -2.25. The van der Waals surface area contributed by atoms with Crippen LogP contribution in [0.15, 0.2) is 23.0 Å². The van der Waals surface area contributed by atoms with E-state index in [4.69, 9.17) is 0 Å². The normalized spacial score (nSPS) is 10.4. The Balaban J connectivity index is 2.46. The Labute approximate surface area is 90.8 Å². The number of imidazole rings is 1. The molecule has 1 amide bonds. The lowest BCUT2D eigenvalue weighted by molar-refractivity contribution is 0.180. The van der Waals surface area contributed by atoms with Crippen LogP contribution >= 0.6 is 0 Å². The van der Waals surface area contributed by atoms with E-state index in [1.54, 1.807) is 25.2 Å². The first-order chi connectivity index (χ1) is 7.61. The minimum atomic E-state index is -0.461. The molecule has 0 spiro atoms. The summed E-state index contributed by atoms with van der Waals surface area (Å²) in [6.45, 7) is 0. The van der Waals surface area contributed by atoms with Crippen LogP contribution in [0.25, 0.3) is 11.0 Å². The van der Waals surface area contributed by atoms with E-state index in [2.05, 4.69) is 14.7 Å². The second-order valence-electron chi connectivity index (χ2n) is 3.34. The number of amides is 1. The van der Waals surface area contributed by atoms with Crippen molar-refractivity contribution in [3.05, 3.63) is 28.7 Å². The number of fused-ring (bicyclic) bond motifs is 1. The van der Waals surface area contributed by atoms with Gasteiger partial charge in [-0.15, -0.1) is 0 Å². The van der Waals surface area contributed by atoms with Gasteiger partial charge in [-0.05, 0) is 18.2 Å². The summed E-state index contributed by atoms with van der Waals surface area (Å²) >= 11 is 0. The molecule has 2 aromatic rings. The standard InChI is InChI=1S/C10H11N3O3/c1-13(10(15)16-2)6-3-4-7-8(5-6)12-9(14)11-7/h3-5H,1-2H3,(H2,11,12,14). The van der Waals surface area contributed by atoms with E-state index in [-0.39, 0.29) is 5.69 Å². The number of hydrogen-bond acceptors (Lipinski definition) is 3. The van der Waals surface area contributed by atoms with Gasteiger partial charge >= 0.3 is 11.8 Å². The third-order valence-corrected chi connectivity index (χ3v) is 2.34. The van der Waals surface area contributed by atoms with Crippen LogP contribution in [-0.2, 0) is 4.74 Å². The minimum Gasteiger partial charge on any atom is -0.452 e. The number of benzene rings is 1. The lowest BCUT2D eigenvalue weighted by atomic mass is 10.2. The summed E-state index contributed by atoms with van der Waals surface area (Å²) in [6, 6.07) is 5.15. The van der Waals surface area contributed by atoms with Crippen molar-refractivity contribution in [2.45, 2.75) is 0 Å². The topological polar surface area (TPSA) is 78.2 Å². The average molecular weight is 221 g/mol. The first-order valence-electron chi connectivity index (χ1n) is 4.65. The van der Waals surface area contributed by atoms with Crippen molar-refractivity contribution in [2.24, 2.45) is 0 Å². The highest BCUT2D eigenvalue weighted by atomic mass is 16.5. The average Bonchev–Trinajstić information content (AvgIpc) is 2.65. The molecule has 0 bridgehead atoms. The van der Waals surface area contributed by atoms with Gasteiger partial charge in [0.05, 0.1) is 18.1 Å². The van der Waals surface area contributed by atoms with Crippen molar-refractivity contribution in [3.63, 3.8) is 0 Å². The van der Waals surface area contributed by atoms with Crippen LogP contribution in [0.5, 0.6) is 0 Å². The van der Waals surface area contributed by atoms with E-state index >= 15 is 0 Å². The van der Waals surface area contributed by atoms with Gasteiger partial charge in [-0.3, -0.25) is 4.90 Å². The first kappa shape index (κ1) is 10.3. The Morgan fingerprint density at radius 2 is 2.00 bits per heavy atom. The van der Waals surface area contributed by atoms with Crippen molar-refractivity contribution in [1.82, 2.24) is 9.97 Å². The molecular formula is C10H11N3O3. The molecule has 0 unspecified atom stereocenters. The smallest absolute Gasteiger partial charge is 0.413 e. The number of rotatable bonds is 1. The molecule has 84 valence electrons. The number of ether oxygens (including phenoxy) is 1. The third-order valence-electron chi connectivity index (χ3n) is 2.34. The summed E-state index contributed by atoms with van der Waals surface area (Å²) in [5.74, 6) is 0. The molecule has 6 heteroatoms. The molecule has 2 N–H and O–H groups in total. The number of aromatic nitrogens is 2. The highest BCUT2D eigenvalue weighted by molar-refractivity contribution is 5.90. The van der Waals surface area contributed by atoms with Crippen molar-refractivity contribution < 1.29 is 9.53 Å². The maximum atomic E-state index is 11.3. The van der Waals surface area contributed by atoms with Crippen LogP contribution in [0.1, 0.15) is 0 Å². The van der Waals surface area contributed by atoms with Crippen LogP contribution < -0.4 is 10.6 Å². The Morgan fingerprint density at radius 3 is 2.69 bits per heavy atom. The van der Waals surface area contributed by atoms with Crippen LogP contribution in [0.4, 0.5) is 10.5 Å². The number of nitrogens with one attached hydrogen (secondary N) is 2. The zero-order chi connectivity index (χ0) is 11.7. The number of anilines is 1. The predicted molar refractivity (Wildman–Crippen MR) is 59.7 cm³/mol. The minimum absolute atomic E-state index is 0.270. The maximum Gasteiger partial charge on any atom is 0.413 e. The van der Waals surface area contributed by atoms with Crippen molar-refractivity contribution in [1.29, 1.82) is 0 Å². The van der Waals surface area contributed by atoms with Crippen LogP contribution in [-0.4, -0.2) is 30.2 Å². The fourth-order valence-corrected chi connectivity index (χ4v) is 1.47. The summed E-state index contributed by atoms with van der Waals surface area (Å²) in [5.41, 5.74) is 1.73. The molecule has 0 aliphatic carbocycles. The largest absolute Gasteiger partial charge is 0.452 e. The van der Waals surface area contributed by atoms with Gasteiger partial charge in [0.2, 0.25) is 0 Å². The maximum absolute atomic E-state index is 11.3. The molecule has 0 aliphatic rings. The van der Waals surface area contributed by atoms with E-state index in [1.165, 1.54) is 12.0 Å². The quantitative estimate of drug-likeness (QED) is 0.755. The second kappa shape index (κ2) is 3.73. The zero-order valence-corrected chi connectivity index (χ0v) is 8.90. The zero-order valence-electron chi connectivity index (χ0n) is 8.90. The summed E-state index contributed by atoms with van der Waals surface area (Å²) < 4.78 is 4.59. The van der Waals surface area contributed by atoms with Gasteiger partial charge in [-0.1, -0.05) is 0 Å². The molecule has 0 aliphatic heterocycles. The summed E-state index contributed by atoms with van der Waals surface area (Å²) in [4.78, 5) is 28.9. The molecule has 0 atom stereocenters. The van der Waals surface area contributed by atoms with Gasteiger partial charge in [0.1, 0.15) is 0 Å². The Hall–Kier alpha value is -2.24. The van der Waals surface area contributed by atoms with Crippen molar-refractivity contribution >= 4 is 22.8 Å². The van der Waals surface area contributed by atoms with Gasteiger partial charge in [-0.25, -0.2) is 9.59 Å². The Bertz CT molecular complexity index is 584. The molecule has 1 aromatic heterocycles. The number of carbonyl (C=O) groups is 1. The first-order valence-corrected chi connectivity index (χ1v) is 4.65. The molecule has 1 heterocycles. The summed E-state index contributed by atoms with van der Waals surface area (Å²) in [5, 5.41) is 0. The highest BCUT2D eigenvalue weighted by Gasteiger charge is 2.11. The number of aromatic amines is 2. The molecule has 0 saturated carbocycles. The van der Waals surface area contributed by atoms with Crippen LogP contribution in [0.2, 0.25) is 0 Å². The summed E-state index contributed by atoms with van der Waals surface area (Å²) in [7, 11) is 2.91. The third kappa shape index (κ3) is 1.65. The van der Waals surface area contributed by atoms with Gasteiger partial charge in [0.25, 0.3) is 0 Å². The van der Waals surface area contributed by atoms with E-state index in [0.717, 1.165) is 0 Å². The SMILES string of the molecule is COC(=O)N(C)c1ccc2[nH]c(=O)[nH]c2c1. The number of H-pyrrole nitrogens is 2. The molecule has 2 rings (SSSR count). The number of hydrogen-bond donors (Lipinski definition) is 2. The van der Waals surface area contributed by atoms with E-state index in [9.17, 15) is 9.59 Å². The van der Waals surface area contributed by atoms with E-state index in [1.807, 2.05) is 0 Å². The molecular weight excluding hydrogens is 210 g/mol. The predicted octanol–water partition coefficient (Wildman–Crippen LogP) is 1.06. The van der Waals surface area contributed by atoms with E-state index in [0.29, 0.717) is 16.7 Å². The lowest BCUT2D eigenvalue weighted by Gasteiger charge is -2.15. The van der Waals surface area contributed by atoms with Crippen LogP contribution in [0.3, 0.4) is 0 Å². The molecule has 6 nitrogen and oxygen atoms in total. The molecule has 0 saturated heterocycles. The van der Waals surface area contributed by atoms with E-state index < -0.39 is 6.09 Å².